The zero-order valence-electron chi connectivity index (χ0n) is 9.88. The molecular formula is C12H12BrClN2O3. The molecular weight excluding hydrogens is 336 g/mol. The number of nitrogens with one attached hydrogen (secondary N) is 1. The number of rotatable bonds is 6. The van der Waals surface area contributed by atoms with Gasteiger partial charge in [0.1, 0.15) is 17.3 Å². The molecule has 1 aromatic rings. The fourth-order valence-electron chi connectivity index (χ4n) is 1.52. The number of benzene rings is 1. The maximum absolute atomic E-state index is 10.9. The van der Waals surface area contributed by atoms with Gasteiger partial charge in [0.25, 0.3) is 0 Å². The van der Waals surface area contributed by atoms with E-state index in [-0.39, 0.29) is 19.3 Å². The van der Waals surface area contributed by atoms with Crippen molar-refractivity contribution in [3.8, 4) is 0 Å². The molecule has 7 heteroatoms. The maximum atomic E-state index is 10.9. The molecule has 1 heterocycles. The van der Waals surface area contributed by atoms with Crippen LogP contribution in [0.4, 0.5) is 0 Å². The third kappa shape index (κ3) is 4.21. The lowest BCUT2D eigenvalue weighted by molar-refractivity contribution is -0.185. The van der Waals surface area contributed by atoms with Crippen LogP contribution in [-0.4, -0.2) is 24.1 Å². The zero-order chi connectivity index (χ0) is 13.7. The van der Waals surface area contributed by atoms with Crippen LogP contribution >= 0.6 is 27.5 Å². The van der Waals surface area contributed by atoms with Gasteiger partial charge in [-0.15, -0.1) is 0 Å². The quantitative estimate of drug-likeness (QED) is 0.488. The minimum Gasteiger partial charge on any atom is -0.276 e. The predicted octanol–water partition coefficient (Wildman–Crippen LogP) is 2.37. The molecule has 1 aliphatic heterocycles. The Morgan fingerprint density at radius 1 is 1.53 bits per heavy atom. The lowest BCUT2D eigenvalue weighted by Crippen LogP contribution is -2.31. The first-order chi connectivity index (χ1) is 9.19. The largest absolute Gasteiger partial charge is 0.276 e. The van der Waals surface area contributed by atoms with Crippen molar-refractivity contribution in [2.75, 3.05) is 6.54 Å². The van der Waals surface area contributed by atoms with E-state index in [2.05, 4.69) is 21.4 Å². The highest BCUT2D eigenvalue weighted by Gasteiger charge is 2.18. The SMILES string of the molecule is O=CN(CC1C=C(Br)NO1)OCc1ccccc1Cl. The Morgan fingerprint density at radius 3 is 2.95 bits per heavy atom. The first-order valence-electron chi connectivity index (χ1n) is 5.56. The number of hydrogen-bond acceptors (Lipinski definition) is 4. The summed E-state index contributed by atoms with van der Waals surface area (Å²) in [4.78, 5) is 21.5. The molecule has 0 saturated heterocycles. The van der Waals surface area contributed by atoms with Gasteiger partial charge in [-0.05, 0) is 33.6 Å². The average molecular weight is 348 g/mol. The van der Waals surface area contributed by atoms with Crippen molar-refractivity contribution >= 4 is 33.9 Å². The Balaban J connectivity index is 1.86. The fraction of sp³-hybridized carbons (Fsp3) is 0.250. The van der Waals surface area contributed by atoms with Crippen molar-refractivity contribution in [3.63, 3.8) is 0 Å². The Kier molecular flexibility index (Phi) is 5.21. The highest BCUT2D eigenvalue weighted by atomic mass is 79.9. The van der Waals surface area contributed by atoms with Crippen LogP contribution in [0.5, 0.6) is 0 Å². The van der Waals surface area contributed by atoms with E-state index in [1.54, 1.807) is 12.1 Å². The van der Waals surface area contributed by atoms with E-state index in [0.29, 0.717) is 11.4 Å². The molecule has 1 aliphatic rings. The Bertz CT molecular complexity index is 484. The second-order valence-electron chi connectivity index (χ2n) is 3.84. The average Bonchev–Trinajstić information content (AvgIpc) is 2.81. The van der Waals surface area contributed by atoms with Crippen molar-refractivity contribution in [2.24, 2.45) is 0 Å². The molecule has 0 aliphatic carbocycles. The minimum atomic E-state index is -0.258. The van der Waals surface area contributed by atoms with E-state index in [4.69, 9.17) is 21.3 Å². The number of hydrogen-bond donors (Lipinski definition) is 1. The van der Waals surface area contributed by atoms with Crippen LogP contribution in [0.15, 0.2) is 34.9 Å². The molecule has 0 bridgehead atoms. The summed E-state index contributed by atoms with van der Waals surface area (Å²) in [5, 5.41) is 1.78. The number of carbonyl (C=O) groups excluding carboxylic acids is 1. The Hall–Kier alpha value is -1.08. The highest BCUT2D eigenvalue weighted by molar-refractivity contribution is 9.11. The van der Waals surface area contributed by atoms with Gasteiger partial charge in [0.2, 0.25) is 6.41 Å². The molecule has 0 radical (unpaired) electrons. The number of amides is 1. The van der Waals surface area contributed by atoms with Gasteiger partial charge in [-0.1, -0.05) is 29.8 Å². The third-order valence-electron chi connectivity index (χ3n) is 2.46. The summed E-state index contributed by atoms with van der Waals surface area (Å²) >= 11 is 9.24. The van der Waals surface area contributed by atoms with Crippen LogP contribution in [0.2, 0.25) is 5.02 Å². The van der Waals surface area contributed by atoms with Gasteiger partial charge >= 0.3 is 0 Å². The number of halogens is 2. The van der Waals surface area contributed by atoms with E-state index in [0.717, 1.165) is 10.2 Å². The van der Waals surface area contributed by atoms with Crippen LogP contribution in [0.25, 0.3) is 0 Å². The summed E-state index contributed by atoms with van der Waals surface area (Å²) in [6.45, 7) is 0.513. The molecule has 1 amide bonds. The summed E-state index contributed by atoms with van der Waals surface area (Å²) < 4.78 is 0.731. The van der Waals surface area contributed by atoms with Crippen LogP contribution in [0.1, 0.15) is 5.56 Å². The Morgan fingerprint density at radius 2 is 2.32 bits per heavy atom. The van der Waals surface area contributed by atoms with Gasteiger partial charge in [0, 0.05) is 5.02 Å². The molecule has 1 unspecified atom stereocenters. The van der Waals surface area contributed by atoms with Crippen molar-refractivity contribution in [1.29, 1.82) is 0 Å². The van der Waals surface area contributed by atoms with E-state index in [9.17, 15) is 4.79 Å². The van der Waals surface area contributed by atoms with Crippen molar-refractivity contribution < 1.29 is 14.5 Å². The number of nitrogens with zero attached hydrogens (tertiary/aromatic N) is 1. The second-order valence-corrected chi connectivity index (χ2v) is 5.10. The Labute approximate surface area is 124 Å². The molecule has 1 N–H and O–H groups in total. The first kappa shape index (κ1) is 14.3. The van der Waals surface area contributed by atoms with Crippen LogP contribution in [-0.2, 0) is 21.1 Å². The zero-order valence-corrected chi connectivity index (χ0v) is 12.2. The molecule has 0 spiro atoms. The number of hydroxylamine groups is 3. The normalized spacial score (nSPS) is 17.8. The van der Waals surface area contributed by atoms with E-state index >= 15 is 0 Å². The molecule has 2 rings (SSSR count). The monoisotopic (exact) mass is 346 g/mol. The summed E-state index contributed by atoms with van der Waals surface area (Å²) in [6.07, 6.45) is 2.15. The van der Waals surface area contributed by atoms with Gasteiger partial charge in [-0.3, -0.25) is 19.9 Å². The molecule has 19 heavy (non-hydrogen) atoms. The molecule has 1 atom stereocenters. The minimum absolute atomic E-state index is 0.226. The van der Waals surface area contributed by atoms with Crippen LogP contribution in [0.3, 0.4) is 0 Å². The standard InChI is InChI=1S/C12H12BrClN2O3/c13-12-5-10(19-15-12)6-16(8-17)18-7-9-3-1-2-4-11(9)14/h1-5,8,10,15H,6-7H2. The molecule has 0 aromatic heterocycles. The van der Waals surface area contributed by atoms with Crippen molar-refractivity contribution in [3.05, 3.63) is 45.5 Å². The fourth-order valence-corrected chi connectivity index (χ4v) is 2.10. The van der Waals surface area contributed by atoms with Gasteiger partial charge in [0.05, 0.1) is 6.54 Å². The van der Waals surface area contributed by atoms with Gasteiger partial charge in [-0.25, -0.2) is 5.06 Å². The highest BCUT2D eigenvalue weighted by Crippen LogP contribution is 2.17. The van der Waals surface area contributed by atoms with Crippen molar-refractivity contribution in [2.45, 2.75) is 12.7 Å². The van der Waals surface area contributed by atoms with Crippen LogP contribution in [0, 0.1) is 0 Å². The van der Waals surface area contributed by atoms with Crippen LogP contribution < -0.4 is 5.48 Å². The molecule has 0 fully saturated rings. The topological polar surface area (TPSA) is 50.8 Å². The maximum Gasteiger partial charge on any atom is 0.233 e. The smallest absolute Gasteiger partial charge is 0.233 e. The van der Waals surface area contributed by atoms with Gasteiger partial charge in [0.15, 0.2) is 0 Å². The summed E-state index contributed by atoms with van der Waals surface area (Å²) in [7, 11) is 0. The third-order valence-corrected chi connectivity index (χ3v) is 3.26. The molecule has 5 nitrogen and oxygen atoms in total. The lowest BCUT2D eigenvalue weighted by Gasteiger charge is -2.19. The molecule has 102 valence electrons. The van der Waals surface area contributed by atoms with E-state index < -0.39 is 0 Å². The summed E-state index contributed by atoms with van der Waals surface area (Å²) in [6, 6.07) is 7.31. The predicted molar refractivity (Wildman–Crippen MR) is 74.0 cm³/mol. The van der Waals surface area contributed by atoms with Crippen molar-refractivity contribution in [1.82, 2.24) is 10.5 Å². The van der Waals surface area contributed by atoms with E-state index in [1.807, 2.05) is 18.2 Å². The van der Waals surface area contributed by atoms with Gasteiger partial charge < -0.3 is 0 Å². The number of carbonyl (C=O) groups is 1. The first-order valence-corrected chi connectivity index (χ1v) is 6.73. The van der Waals surface area contributed by atoms with E-state index in [1.165, 1.54) is 5.06 Å². The summed E-state index contributed by atoms with van der Waals surface area (Å²) in [5.41, 5.74) is 3.46. The second kappa shape index (κ2) is 6.91. The lowest BCUT2D eigenvalue weighted by atomic mass is 10.2. The molecule has 1 aromatic carbocycles. The van der Waals surface area contributed by atoms with Gasteiger partial charge in [-0.2, -0.15) is 0 Å². The summed E-state index contributed by atoms with van der Waals surface area (Å²) in [5.74, 6) is 0. The molecule has 0 saturated carbocycles.